The van der Waals surface area contributed by atoms with Gasteiger partial charge in [0.2, 0.25) is 5.17 Å². The molecule has 0 saturated heterocycles. The first-order valence-electron chi connectivity index (χ1n) is 10.9. The Morgan fingerprint density at radius 1 is 1.11 bits per heavy atom. The number of hydrogen-bond acceptors (Lipinski definition) is 7. The number of thioether (sulfide) groups is 1. The van der Waals surface area contributed by atoms with Crippen molar-refractivity contribution in [3.63, 3.8) is 0 Å². The van der Waals surface area contributed by atoms with E-state index in [-0.39, 0.29) is 17.4 Å². The van der Waals surface area contributed by atoms with Crippen LogP contribution in [-0.2, 0) is 16.0 Å². The zero-order valence-corrected chi connectivity index (χ0v) is 19.5. The topological polar surface area (TPSA) is 108 Å². The minimum Gasteiger partial charge on any atom is -0.462 e. The van der Waals surface area contributed by atoms with Crippen LogP contribution in [0.4, 0.5) is 0 Å². The van der Waals surface area contributed by atoms with Crippen molar-refractivity contribution in [1.29, 1.82) is 5.41 Å². The molecule has 8 nitrogen and oxygen atoms in total. The molecule has 0 atom stereocenters. The molecule has 1 aromatic heterocycles. The fourth-order valence-electron chi connectivity index (χ4n) is 3.59. The minimum atomic E-state index is -0.512. The monoisotopic (exact) mass is 484 g/mol. The van der Waals surface area contributed by atoms with Gasteiger partial charge in [0.15, 0.2) is 5.84 Å². The number of furan rings is 1. The number of carbonyl (C=O) groups is 2. The Balaban J connectivity index is 1.34. The van der Waals surface area contributed by atoms with Crippen LogP contribution in [0.15, 0.2) is 86.8 Å². The van der Waals surface area contributed by atoms with E-state index in [1.54, 1.807) is 43.3 Å². The Kier molecular flexibility index (Phi) is 6.15. The van der Waals surface area contributed by atoms with Gasteiger partial charge in [-0.2, -0.15) is 15.1 Å². The van der Waals surface area contributed by atoms with Crippen molar-refractivity contribution in [2.45, 2.75) is 13.3 Å². The maximum atomic E-state index is 12.7. The van der Waals surface area contributed by atoms with Gasteiger partial charge in [-0.05, 0) is 54.6 Å². The van der Waals surface area contributed by atoms with Gasteiger partial charge in [0.05, 0.1) is 17.7 Å². The summed E-state index contributed by atoms with van der Waals surface area (Å²) in [5.74, 6) is 0.0227. The van der Waals surface area contributed by atoms with Crippen LogP contribution in [0.1, 0.15) is 28.6 Å². The van der Waals surface area contributed by atoms with Crippen molar-refractivity contribution < 1.29 is 18.7 Å². The Morgan fingerprint density at radius 2 is 1.89 bits per heavy atom. The van der Waals surface area contributed by atoms with E-state index >= 15 is 0 Å². The molecule has 1 N–H and O–H groups in total. The number of aliphatic imine (C=N–C) groups is 1. The molecule has 0 saturated carbocycles. The van der Waals surface area contributed by atoms with E-state index in [1.807, 2.05) is 30.3 Å². The Labute approximate surface area is 205 Å². The number of nitrogens with one attached hydrogen (secondary N) is 1. The van der Waals surface area contributed by atoms with Gasteiger partial charge in [-0.3, -0.25) is 10.2 Å². The summed E-state index contributed by atoms with van der Waals surface area (Å²) in [6.45, 7) is 2.07. The fourth-order valence-corrected chi connectivity index (χ4v) is 4.51. The number of fused-ring (bicyclic) bond motifs is 1. The van der Waals surface area contributed by atoms with Crippen LogP contribution in [-0.4, -0.2) is 39.5 Å². The summed E-state index contributed by atoms with van der Waals surface area (Å²) in [6.07, 6.45) is 2.09. The molecule has 0 unspecified atom stereocenters. The number of benzene rings is 2. The molecule has 3 heterocycles. The van der Waals surface area contributed by atoms with E-state index in [9.17, 15) is 9.59 Å². The molecule has 1 amide bonds. The lowest BCUT2D eigenvalue weighted by molar-refractivity contribution is -0.114. The van der Waals surface area contributed by atoms with Crippen LogP contribution < -0.4 is 0 Å². The summed E-state index contributed by atoms with van der Waals surface area (Å²) in [4.78, 5) is 28.6. The summed E-state index contributed by atoms with van der Waals surface area (Å²) >= 11 is 1.29. The van der Waals surface area contributed by atoms with Crippen LogP contribution in [0.5, 0.6) is 0 Å². The van der Waals surface area contributed by atoms with E-state index < -0.39 is 5.91 Å². The second-order valence-corrected chi connectivity index (χ2v) is 8.72. The van der Waals surface area contributed by atoms with Crippen LogP contribution in [0, 0.1) is 5.41 Å². The third kappa shape index (κ3) is 4.71. The normalized spacial score (nSPS) is 16.3. The molecule has 0 fully saturated rings. The predicted molar refractivity (Wildman–Crippen MR) is 135 cm³/mol. The van der Waals surface area contributed by atoms with Gasteiger partial charge in [0.1, 0.15) is 16.6 Å². The van der Waals surface area contributed by atoms with Crippen LogP contribution in [0.3, 0.4) is 0 Å². The minimum absolute atomic E-state index is 0.0488. The maximum Gasteiger partial charge on any atom is 0.338 e. The summed E-state index contributed by atoms with van der Waals surface area (Å²) in [7, 11) is 0. The molecular weight excluding hydrogens is 464 g/mol. The van der Waals surface area contributed by atoms with Crippen LogP contribution >= 0.6 is 11.8 Å². The molecule has 9 heteroatoms. The molecule has 2 aliphatic rings. The Morgan fingerprint density at radius 3 is 2.63 bits per heavy atom. The van der Waals surface area contributed by atoms with Crippen molar-refractivity contribution in [2.24, 2.45) is 10.1 Å². The molecule has 174 valence electrons. The largest absolute Gasteiger partial charge is 0.462 e. The average molecular weight is 485 g/mol. The van der Waals surface area contributed by atoms with Crippen molar-refractivity contribution in [3.05, 3.63) is 89.2 Å². The molecule has 2 aromatic carbocycles. The Hall–Kier alpha value is -4.24. The quantitative estimate of drug-likeness (QED) is 0.390. The zero-order chi connectivity index (χ0) is 24.4. The third-order valence-electron chi connectivity index (χ3n) is 5.29. The summed E-state index contributed by atoms with van der Waals surface area (Å²) < 4.78 is 10.9. The van der Waals surface area contributed by atoms with Gasteiger partial charge >= 0.3 is 5.97 Å². The lowest BCUT2D eigenvalue weighted by Crippen LogP contribution is -2.35. The average Bonchev–Trinajstić information content (AvgIpc) is 3.50. The lowest BCUT2D eigenvalue weighted by atomic mass is 10.1. The van der Waals surface area contributed by atoms with E-state index in [2.05, 4.69) is 10.1 Å². The van der Waals surface area contributed by atoms with Crippen LogP contribution in [0.2, 0.25) is 0 Å². The molecule has 0 bridgehead atoms. The molecule has 3 aromatic rings. The summed E-state index contributed by atoms with van der Waals surface area (Å²) in [6, 6.07) is 20.2. The summed E-state index contributed by atoms with van der Waals surface area (Å²) in [5, 5.41) is 15.6. The standard InChI is InChI=1S/C26H20N4O4S/c1-2-33-25(32)18-10-8-17(9-11-18)21-13-12-19(34-21)15-20-23(27)30-26(28-24(20)31)35-22(29-30)14-16-6-4-3-5-7-16/h3-13,15,27H,2,14H2,1H3/b20-15-,27-23?. The van der Waals surface area contributed by atoms with Crippen molar-refractivity contribution >= 4 is 45.8 Å². The molecule has 0 radical (unpaired) electrons. The number of amides is 1. The SMILES string of the molecule is CCOC(=O)c1ccc(-c2ccc(/C=C3/C(=N)N4N=C(Cc5ccccc5)SC4=NC3=O)o2)cc1. The number of carbonyl (C=O) groups excluding carboxylic acids is 2. The maximum absolute atomic E-state index is 12.7. The molecular formula is C26H20N4O4S. The number of hydrogen-bond donors (Lipinski definition) is 1. The van der Waals surface area contributed by atoms with Gasteiger partial charge in [-0.1, -0.05) is 42.5 Å². The van der Waals surface area contributed by atoms with Gasteiger partial charge in [-0.15, -0.1) is 0 Å². The van der Waals surface area contributed by atoms with Gasteiger partial charge in [0, 0.05) is 12.0 Å². The first-order chi connectivity index (χ1) is 17.0. The number of amidine groups is 2. The van der Waals surface area contributed by atoms with E-state index in [4.69, 9.17) is 14.6 Å². The molecule has 35 heavy (non-hydrogen) atoms. The van der Waals surface area contributed by atoms with E-state index in [1.165, 1.54) is 22.8 Å². The molecule has 0 spiro atoms. The second kappa shape index (κ2) is 9.55. The molecule has 5 rings (SSSR count). The van der Waals surface area contributed by atoms with Crippen molar-refractivity contribution in [1.82, 2.24) is 5.01 Å². The molecule has 2 aliphatic heterocycles. The number of hydrazone groups is 1. The third-order valence-corrected chi connectivity index (χ3v) is 6.20. The first kappa shape index (κ1) is 22.5. The van der Waals surface area contributed by atoms with E-state index in [0.717, 1.165) is 16.2 Å². The highest BCUT2D eigenvalue weighted by Gasteiger charge is 2.35. The predicted octanol–water partition coefficient (Wildman–Crippen LogP) is 4.99. The number of ether oxygens (including phenoxy) is 1. The number of rotatable bonds is 6. The fraction of sp³-hybridized carbons (Fsp3) is 0.115. The van der Waals surface area contributed by atoms with Crippen LogP contribution in [0.25, 0.3) is 17.4 Å². The number of nitrogens with zero attached hydrogens (tertiary/aromatic N) is 3. The lowest BCUT2D eigenvalue weighted by Gasteiger charge is -2.19. The number of esters is 1. The molecule has 0 aliphatic carbocycles. The van der Waals surface area contributed by atoms with E-state index in [0.29, 0.717) is 35.3 Å². The Bertz CT molecular complexity index is 1400. The van der Waals surface area contributed by atoms with Crippen molar-refractivity contribution in [2.75, 3.05) is 6.61 Å². The smallest absolute Gasteiger partial charge is 0.338 e. The summed E-state index contributed by atoms with van der Waals surface area (Å²) in [5.41, 5.74) is 2.40. The van der Waals surface area contributed by atoms with Gasteiger partial charge in [0.25, 0.3) is 5.91 Å². The van der Waals surface area contributed by atoms with Gasteiger partial charge < -0.3 is 9.15 Å². The highest BCUT2D eigenvalue weighted by atomic mass is 32.2. The first-order valence-corrected chi connectivity index (χ1v) is 11.7. The van der Waals surface area contributed by atoms with Crippen molar-refractivity contribution in [3.8, 4) is 11.3 Å². The highest BCUT2D eigenvalue weighted by molar-refractivity contribution is 8.26. The highest BCUT2D eigenvalue weighted by Crippen LogP contribution is 2.30. The van der Waals surface area contributed by atoms with Gasteiger partial charge in [-0.25, -0.2) is 4.79 Å². The second-order valence-electron chi connectivity index (χ2n) is 7.68. The zero-order valence-electron chi connectivity index (χ0n) is 18.7.